The van der Waals surface area contributed by atoms with Gasteiger partial charge in [0.25, 0.3) is 0 Å². The van der Waals surface area contributed by atoms with E-state index in [2.05, 4.69) is 4.74 Å². The van der Waals surface area contributed by atoms with E-state index in [0.717, 1.165) is 30.4 Å². The number of aldehydes is 1. The number of methoxy groups -OCH3 is 7. The monoisotopic (exact) mass is 2080 g/mol. The van der Waals surface area contributed by atoms with Crippen LogP contribution < -0.4 is 45.4 Å². The van der Waals surface area contributed by atoms with E-state index in [0.29, 0.717) is 87.2 Å². The number of carbonyl (C=O) groups excluding carboxylic acids is 7. The molecule has 5 fully saturated rings. The maximum Gasteiger partial charge on any atom is 0.394 e. The summed E-state index contributed by atoms with van der Waals surface area (Å²) in [4.78, 5) is 119. The number of hydrogen-bond donors (Lipinski definition) is 12. The predicted molar refractivity (Wildman–Crippen MR) is 487 cm³/mol. The normalized spacial score (nSPS) is 18.3. The molecular formula is C92H127BrIO38S-. The average molecular weight is 2080 g/mol. The highest BCUT2D eigenvalue weighted by atomic mass is 127. The fourth-order valence-electron chi connectivity index (χ4n) is 11.9. The summed E-state index contributed by atoms with van der Waals surface area (Å²) < 4.78 is 103. The maximum atomic E-state index is 11.9. The summed E-state index contributed by atoms with van der Waals surface area (Å²) >= 11 is 1.96. The lowest BCUT2D eigenvalue weighted by Gasteiger charge is -2.21. The van der Waals surface area contributed by atoms with Crippen LogP contribution in [0.2, 0.25) is 0 Å². The Balaban J connectivity index is -0.00000145. The molecule has 5 heterocycles. The summed E-state index contributed by atoms with van der Waals surface area (Å²) in [5, 5.41) is 89.2. The van der Waals surface area contributed by atoms with Gasteiger partial charge in [0.15, 0.2) is 12.6 Å². The Morgan fingerprint density at radius 1 is 0.549 bits per heavy atom. The zero-order valence-electron chi connectivity index (χ0n) is 76.3. The van der Waals surface area contributed by atoms with Crippen molar-refractivity contribution in [2.45, 2.75) is 162 Å². The summed E-state index contributed by atoms with van der Waals surface area (Å²) in [6.07, 6.45) is 4.12. The Morgan fingerprint density at radius 2 is 0.902 bits per heavy atom. The molecule has 3 unspecified atom stereocenters. The van der Waals surface area contributed by atoms with Crippen molar-refractivity contribution in [1.29, 1.82) is 0 Å². The summed E-state index contributed by atoms with van der Waals surface area (Å²) in [6.45, 7) is 9.48. The molecule has 133 heavy (non-hydrogen) atoms. The van der Waals surface area contributed by atoms with Gasteiger partial charge in [-0.15, -0.1) is 0 Å². The third-order valence-electron chi connectivity index (χ3n) is 18.5. The smallest absolute Gasteiger partial charge is 0.394 e. The molecule has 5 saturated heterocycles. The number of cyclic esters (lactones) is 5. The van der Waals surface area contributed by atoms with Crippen molar-refractivity contribution in [1.82, 2.24) is 0 Å². The average Bonchev–Trinajstić information content (AvgIpc) is 1.67. The van der Waals surface area contributed by atoms with Crippen LogP contribution in [0.1, 0.15) is 189 Å². The molecule has 0 bridgehead atoms. The molecule has 0 saturated carbocycles. The maximum absolute atomic E-state index is 11.9. The molecule has 5 aliphatic heterocycles. The molecule has 11 rings (SSSR count). The number of carboxylic acids is 4. The van der Waals surface area contributed by atoms with Gasteiger partial charge in [-0.05, 0) is 94.3 Å². The van der Waals surface area contributed by atoms with E-state index >= 15 is 0 Å². The molecule has 744 valence electrons. The Labute approximate surface area is 800 Å². The van der Waals surface area contributed by atoms with Gasteiger partial charge in [-0.1, -0.05) is 159 Å². The van der Waals surface area contributed by atoms with E-state index in [1.54, 1.807) is 144 Å². The molecule has 0 aromatic heterocycles. The first-order valence-corrected chi connectivity index (χ1v) is 43.4. The lowest BCUT2D eigenvalue weighted by Crippen LogP contribution is -3.00. The SMILES string of the molecule is C.CCCCC(=O)O.CCO.CCOC(=O)[C@H]1CC(=O)O[C@@H]1c1ccccc1OC.COC(C)(C)CO.COc1ccccc1C1OC(=O)CC1C(=O)O.COc1ccccc1C=O.COc1ccccc1[C@H](O)[C@@H](CO)C/C=C\CCC(=O)O.COc1ccccc1[C@H]1OC(=O)C[C@@H]1C(=O)O.COc1ccccc1[C@H]1OC(O)C[C@@H]1CO.O=C1CCC(=O)O1.O=S(=O)(O)O.[2H]CI.[Br-]. The van der Waals surface area contributed by atoms with Gasteiger partial charge in [0, 0.05) is 87.2 Å². The Kier molecular flexibility index (Phi) is 66.2. The number of aliphatic hydroxyl groups is 6. The molecule has 11 atom stereocenters. The van der Waals surface area contributed by atoms with E-state index < -0.39 is 119 Å². The molecule has 0 amide bonds. The van der Waals surface area contributed by atoms with E-state index in [1.165, 1.54) is 28.4 Å². The molecular weight excluding hydrogens is 1950 g/mol. The first-order valence-electron chi connectivity index (χ1n) is 41.2. The number of carboxylic acid groups (broad SMARTS) is 4. The third-order valence-corrected chi connectivity index (χ3v) is 18.5. The van der Waals surface area contributed by atoms with Crippen molar-refractivity contribution in [3.8, 4) is 34.5 Å². The van der Waals surface area contributed by atoms with Gasteiger partial charge in [0.05, 0.1) is 111 Å². The van der Waals surface area contributed by atoms with Crippen LogP contribution in [0.3, 0.4) is 0 Å². The number of aliphatic hydroxyl groups excluding tert-OH is 6. The van der Waals surface area contributed by atoms with Gasteiger partial charge < -0.3 is 130 Å². The highest BCUT2D eigenvalue weighted by Crippen LogP contribution is 2.44. The molecule has 41 heteroatoms. The number of hydrogen-bond acceptors (Lipinski definition) is 32. The fraction of sp³-hybridized carbons (Fsp3) is 0.467. The number of alkyl halides is 1. The molecule has 38 nitrogen and oxygen atoms in total. The Bertz CT molecular complexity index is 4480. The van der Waals surface area contributed by atoms with Crippen LogP contribution in [0, 0.1) is 29.6 Å². The quantitative estimate of drug-likeness (QED) is 0.00304. The zero-order valence-corrected chi connectivity index (χ0v) is 79.9. The molecule has 12 N–H and O–H groups in total. The van der Waals surface area contributed by atoms with Crippen LogP contribution in [-0.4, -0.2) is 234 Å². The van der Waals surface area contributed by atoms with Gasteiger partial charge >= 0.3 is 70.1 Å². The number of ether oxygens (including phenoxy) is 13. The number of benzene rings is 6. The molecule has 6 aromatic rings. The standard InChI is InChI=1S/C16H22O5.C14H16O5.2C12H12O5.C12H16O4.C8H8O2.C5H12O2.C5H10O2.C4H4O3.C2H6O.CH3I.CH4.BrH.H2O4S/c1-21-14-9-6-5-8-13(14)16(20)12(11-17)7-3-2-4-10-15(18)19;1-3-18-14(16)10-8-12(15)19-13(10)9-6-4-5-7-11(9)17-2;2*1-16-9-5-3-2-4-7(9)11-8(12(14)15)6-10(13)17-11;1-15-10-5-3-2-4-9(10)12-8(7-13)6-11(14)16-12;1-10-8-5-3-2-4-7(8)6-9;1-5(2,4-6)7-3;1-2-3-4-5(6)7;5-3-1-2-4(6)7-3;1-2-3;1-2;;;1-5(2,3)4/h2-3,5-6,8-9,12,16-17,20H,4,7,10-11H2,1H3,(H,18,19);4-7,10,13H,3,8H2,1-2H3;2*2-5,8,11H,6H2,1H3,(H,14,15);2-5,8,11-14H,6-7H2,1H3;2-6H,1H3;6H,4H2,1-3H3;2-4H2,1H3,(H,6,7);1-2H2;3H,2H2,1H3;1H3;1H4;1H;(H2,1,2,3,4)/p-1/b3-2-;;;;;;;;;;;;;/t12-,16-;10-,13+;8-,11+;;8-,11?,12+;;;;;;;;;/m100.1........./s1/i;;;;;;;;;;1D;;;. The van der Waals surface area contributed by atoms with E-state index in [4.69, 9.17) is 106 Å². The van der Waals surface area contributed by atoms with Crippen molar-refractivity contribution < 1.29 is 201 Å². The number of carbonyl (C=O) groups is 11. The van der Waals surface area contributed by atoms with Crippen LogP contribution in [0.4, 0.5) is 0 Å². The highest BCUT2D eigenvalue weighted by Gasteiger charge is 2.45. The van der Waals surface area contributed by atoms with E-state index in [9.17, 15) is 73.2 Å². The van der Waals surface area contributed by atoms with Gasteiger partial charge in [-0.25, -0.2) is 0 Å². The van der Waals surface area contributed by atoms with Crippen LogP contribution in [0.15, 0.2) is 158 Å². The largest absolute Gasteiger partial charge is 1.00 e. The molecule has 5 aliphatic rings. The topological polar surface area (TPSA) is 585 Å². The zero-order chi connectivity index (χ0) is 100. The molecule has 6 aromatic carbocycles. The predicted octanol–water partition coefficient (Wildman–Crippen LogP) is 8.92. The number of allylic oxidation sites excluding steroid dienone is 2. The summed E-state index contributed by atoms with van der Waals surface area (Å²) in [5.74, 6) is -5.36. The number of halogens is 2. The second-order valence-electron chi connectivity index (χ2n) is 28.1. The molecule has 0 aliphatic carbocycles. The number of rotatable bonds is 29. The number of aliphatic carboxylic acids is 4. The second kappa shape index (κ2) is 70.9. The fourth-order valence-corrected chi connectivity index (χ4v) is 11.9. The minimum Gasteiger partial charge on any atom is -1.00 e. The minimum atomic E-state index is -4.67. The van der Waals surface area contributed by atoms with E-state index in [1.807, 2.05) is 91.9 Å². The second-order valence-corrected chi connectivity index (χ2v) is 29.0. The number of unbranched alkanes of at least 4 members (excludes halogenated alkanes) is 1. The van der Waals surface area contributed by atoms with E-state index in [-0.39, 0.29) is 120 Å². The first-order chi connectivity index (χ1) is 62.7. The van der Waals surface area contributed by atoms with Crippen LogP contribution in [-0.2, 0) is 91.5 Å². The summed E-state index contributed by atoms with van der Waals surface area (Å²) in [7, 11) is 6.10. The van der Waals surface area contributed by atoms with Crippen molar-refractivity contribution >= 4 is 99.0 Å². The van der Waals surface area contributed by atoms with Crippen LogP contribution >= 0.6 is 22.6 Å². The number of para-hydroxylation sites is 6. The van der Waals surface area contributed by atoms with Gasteiger partial charge in [0.2, 0.25) is 0 Å². The Hall–Kier alpha value is -10.8. The lowest BCUT2D eigenvalue weighted by atomic mass is 9.92. The highest BCUT2D eigenvalue weighted by molar-refractivity contribution is 14.1. The third kappa shape index (κ3) is 49.1. The van der Waals surface area contributed by atoms with Gasteiger partial charge in [0.1, 0.15) is 70.6 Å². The Morgan fingerprint density at radius 3 is 1.20 bits per heavy atom. The van der Waals surface area contributed by atoms with Crippen LogP contribution in [0.25, 0.3) is 0 Å². The van der Waals surface area contributed by atoms with Crippen LogP contribution in [0.5, 0.6) is 34.5 Å². The molecule has 0 radical (unpaired) electrons. The lowest BCUT2D eigenvalue weighted by molar-refractivity contribution is -0.153. The minimum absolute atomic E-state index is 0. The molecule has 0 spiro atoms. The summed E-state index contributed by atoms with van der Waals surface area (Å²) in [5.41, 5.74) is 3.61. The summed E-state index contributed by atoms with van der Waals surface area (Å²) in [6, 6.07) is 42.8. The first kappa shape index (κ1) is 124. The van der Waals surface area contributed by atoms with Crippen molar-refractivity contribution in [2.75, 3.05) is 87.7 Å². The number of esters is 6. The van der Waals surface area contributed by atoms with Gasteiger partial charge in [-0.2, -0.15) is 8.42 Å². The van der Waals surface area contributed by atoms with Gasteiger partial charge in [-0.3, -0.25) is 61.8 Å². The van der Waals surface area contributed by atoms with Crippen molar-refractivity contribution in [3.05, 3.63) is 191 Å². The van der Waals surface area contributed by atoms with Crippen molar-refractivity contribution in [3.63, 3.8) is 0 Å². The van der Waals surface area contributed by atoms with Crippen molar-refractivity contribution in [2.24, 2.45) is 29.6 Å².